The molecule has 1 fully saturated rings. The van der Waals surface area contributed by atoms with Gasteiger partial charge in [-0.15, -0.1) is 11.8 Å². The van der Waals surface area contributed by atoms with Gasteiger partial charge in [0.2, 0.25) is 5.91 Å². The van der Waals surface area contributed by atoms with E-state index in [4.69, 9.17) is 9.47 Å². The summed E-state index contributed by atoms with van der Waals surface area (Å²) in [4.78, 5) is 15.4. The van der Waals surface area contributed by atoms with Crippen LogP contribution < -0.4 is 14.8 Å². The number of benzene rings is 1. The van der Waals surface area contributed by atoms with Gasteiger partial charge in [-0.1, -0.05) is 0 Å². The number of fused-ring (bicyclic) bond motifs is 1. The number of amides is 1. The zero-order valence-electron chi connectivity index (χ0n) is 14.3. The number of hydrogen-bond acceptors (Lipinski definition) is 5. The number of carbonyl (C=O) groups is 1. The first-order valence-corrected chi connectivity index (χ1v) is 9.69. The number of rotatable bonds is 6. The van der Waals surface area contributed by atoms with Gasteiger partial charge in [0, 0.05) is 36.6 Å². The predicted octanol–water partition coefficient (Wildman–Crippen LogP) is 2.40. The van der Waals surface area contributed by atoms with E-state index in [-0.39, 0.29) is 5.91 Å². The van der Waals surface area contributed by atoms with E-state index in [9.17, 15) is 4.79 Å². The van der Waals surface area contributed by atoms with Crippen LogP contribution in [0.2, 0.25) is 0 Å². The number of hydrogen-bond donors (Lipinski definition) is 1. The number of likely N-dealkylation sites (tertiary alicyclic amines) is 1. The van der Waals surface area contributed by atoms with Crippen LogP contribution in [0.3, 0.4) is 0 Å². The van der Waals surface area contributed by atoms with Crippen LogP contribution in [0.15, 0.2) is 23.1 Å². The molecule has 0 bridgehead atoms. The molecule has 0 saturated carbocycles. The van der Waals surface area contributed by atoms with E-state index in [0.29, 0.717) is 25.6 Å². The van der Waals surface area contributed by atoms with E-state index in [1.54, 1.807) is 11.8 Å². The maximum absolute atomic E-state index is 12.3. The fourth-order valence-electron chi connectivity index (χ4n) is 3.16. The van der Waals surface area contributed by atoms with Gasteiger partial charge >= 0.3 is 0 Å². The average Bonchev–Trinajstić information content (AvgIpc) is 2.92. The first-order valence-electron chi connectivity index (χ1n) is 8.71. The molecule has 5 nitrogen and oxygen atoms in total. The summed E-state index contributed by atoms with van der Waals surface area (Å²) in [6.45, 7) is 4.20. The molecule has 0 aliphatic carbocycles. The van der Waals surface area contributed by atoms with Crippen molar-refractivity contribution in [2.24, 2.45) is 5.92 Å². The van der Waals surface area contributed by atoms with E-state index in [1.807, 2.05) is 30.1 Å². The lowest BCUT2D eigenvalue weighted by Gasteiger charge is -2.16. The molecule has 1 saturated heterocycles. The van der Waals surface area contributed by atoms with Crippen molar-refractivity contribution in [3.63, 3.8) is 0 Å². The molecule has 0 aromatic heterocycles. The molecule has 2 aliphatic rings. The number of nitrogens with zero attached hydrogens (tertiary/aromatic N) is 1. The molecule has 2 heterocycles. The fraction of sp³-hybridized carbons (Fsp3) is 0.611. The first-order chi connectivity index (χ1) is 11.8. The molecule has 1 atom stereocenters. The van der Waals surface area contributed by atoms with Crippen LogP contribution in [0.5, 0.6) is 11.5 Å². The van der Waals surface area contributed by atoms with Crippen LogP contribution in [0.1, 0.15) is 19.3 Å². The molecule has 1 amide bonds. The topological polar surface area (TPSA) is 50.8 Å². The Bertz CT molecular complexity index is 567. The molecule has 2 aliphatic heterocycles. The van der Waals surface area contributed by atoms with Crippen LogP contribution in [0.4, 0.5) is 0 Å². The van der Waals surface area contributed by atoms with Gasteiger partial charge in [-0.25, -0.2) is 0 Å². The largest absolute Gasteiger partial charge is 0.490 e. The normalized spacial score (nSPS) is 20.0. The molecule has 6 heteroatoms. The SMILES string of the molecule is CNCC1CCN(C(=O)CCSc2ccc3c(c2)OCCCO3)C1. The minimum Gasteiger partial charge on any atom is -0.490 e. The van der Waals surface area contributed by atoms with Gasteiger partial charge in [0.15, 0.2) is 11.5 Å². The highest BCUT2D eigenvalue weighted by atomic mass is 32.2. The third-order valence-corrected chi connectivity index (χ3v) is 5.43. The van der Waals surface area contributed by atoms with Gasteiger partial charge in [-0.3, -0.25) is 4.79 Å². The van der Waals surface area contributed by atoms with Gasteiger partial charge < -0.3 is 19.7 Å². The summed E-state index contributed by atoms with van der Waals surface area (Å²) in [5.41, 5.74) is 0. The van der Waals surface area contributed by atoms with Crippen molar-refractivity contribution >= 4 is 17.7 Å². The summed E-state index contributed by atoms with van der Waals surface area (Å²) < 4.78 is 11.4. The van der Waals surface area contributed by atoms with E-state index in [1.165, 1.54) is 0 Å². The van der Waals surface area contributed by atoms with Gasteiger partial charge in [-0.2, -0.15) is 0 Å². The van der Waals surface area contributed by atoms with Crippen molar-refractivity contribution < 1.29 is 14.3 Å². The van der Waals surface area contributed by atoms with Crippen molar-refractivity contribution in [3.05, 3.63) is 18.2 Å². The molecule has 1 N–H and O–H groups in total. The lowest BCUT2D eigenvalue weighted by molar-refractivity contribution is -0.129. The molecule has 1 aromatic carbocycles. The molecular weight excluding hydrogens is 324 g/mol. The smallest absolute Gasteiger partial charge is 0.223 e. The summed E-state index contributed by atoms with van der Waals surface area (Å²) in [6.07, 6.45) is 2.61. The summed E-state index contributed by atoms with van der Waals surface area (Å²) in [6, 6.07) is 6.03. The van der Waals surface area contributed by atoms with Gasteiger partial charge in [0.1, 0.15) is 0 Å². The summed E-state index contributed by atoms with van der Waals surface area (Å²) in [7, 11) is 1.97. The van der Waals surface area contributed by atoms with Gasteiger partial charge in [0.25, 0.3) is 0 Å². The van der Waals surface area contributed by atoms with Gasteiger partial charge in [-0.05, 0) is 44.1 Å². The lowest BCUT2D eigenvalue weighted by atomic mass is 10.1. The highest BCUT2D eigenvalue weighted by Crippen LogP contribution is 2.34. The molecule has 24 heavy (non-hydrogen) atoms. The highest BCUT2D eigenvalue weighted by molar-refractivity contribution is 7.99. The van der Waals surface area contributed by atoms with Gasteiger partial charge in [0.05, 0.1) is 13.2 Å². The van der Waals surface area contributed by atoms with Crippen LogP contribution >= 0.6 is 11.8 Å². The number of thioether (sulfide) groups is 1. The second kappa shape index (κ2) is 8.62. The predicted molar refractivity (Wildman–Crippen MR) is 96.0 cm³/mol. The van der Waals surface area contributed by atoms with Crippen molar-refractivity contribution in [3.8, 4) is 11.5 Å². The van der Waals surface area contributed by atoms with Crippen molar-refractivity contribution in [1.82, 2.24) is 10.2 Å². The zero-order chi connectivity index (χ0) is 16.8. The lowest BCUT2D eigenvalue weighted by Crippen LogP contribution is -2.30. The number of nitrogens with one attached hydrogen (secondary N) is 1. The zero-order valence-corrected chi connectivity index (χ0v) is 15.1. The summed E-state index contributed by atoms with van der Waals surface area (Å²) in [5.74, 6) is 3.31. The summed E-state index contributed by atoms with van der Waals surface area (Å²) in [5, 5.41) is 3.20. The molecule has 1 unspecified atom stereocenters. The Balaban J connectivity index is 1.45. The average molecular weight is 350 g/mol. The Morgan fingerprint density at radius 3 is 3.00 bits per heavy atom. The van der Waals surface area contributed by atoms with Crippen LogP contribution in [-0.4, -0.2) is 56.5 Å². The standard InChI is InChI=1S/C18H26N2O3S/c1-19-12-14-5-7-20(13-14)18(21)6-10-24-15-3-4-16-17(11-15)23-9-2-8-22-16/h3-4,11,14,19H,2,5-10,12-13H2,1H3. The van der Waals surface area contributed by atoms with E-state index in [2.05, 4.69) is 5.32 Å². The van der Waals surface area contributed by atoms with Crippen LogP contribution in [0, 0.1) is 5.92 Å². The molecule has 132 valence electrons. The second-order valence-corrected chi connectivity index (χ2v) is 7.48. The van der Waals surface area contributed by atoms with E-state index >= 15 is 0 Å². The third kappa shape index (κ3) is 4.57. The first kappa shape index (κ1) is 17.4. The minimum absolute atomic E-state index is 0.274. The molecule has 3 rings (SSSR count). The number of ether oxygens (including phenoxy) is 2. The Morgan fingerprint density at radius 1 is 1.33 bits per heavy atom. The third-order valence-electron chi connectivity index (χ3n) is 4.43. The summed E-state index contributed by atoms with van der Waals surface area (Å²) >= 11 is 1.70. The van der Waals surface area contributed by atoms with Crippen molar-refractivity contribution in [2.45, 2.75) is 24.2 Å². The minimum atomic E-state index is 0.274. The fourth-order valence-corrected chi connectivity index (χ4v) is 4.03. The van der Waals surface area contributed by atoms with Crippen LogP contribution in [0.25, 0.3) is 0 Å². The van der Waals surface area contributed by atoms with Crippen molar-refractivity contribution in [1.29, 1.82) is 0 Å². The van der Waals surface area contributed by atoms with Crippen LogP contribution in [-0.2, 0) is 4.79 Å². The maximum Gasteiger partial charge on any atom is 0.223 e. The maximum atomic E-state index is 12.3. The molecule has 0 radical (unpaired) electrons. The van der Waals surface area contributed by atoms with E-state index < -0.39 is 0 Å². The Labute approximate surface area is 148 Å². The Hall–Kier alpha value is -1.40. The molecular formula is C18H26N2O3S. The molecule has 0 spiro atoms. The Morgan fingerprint density at radius 2 is 2.17 bits per heavy atom. The Kier molecular flexibility index (Phi) is 6.26. The number of carbonyl (C=O) groups excluding carboxylic acids is 1. The van der Waals surface area contributed by atoms with E-state index in [0.717, 1.165) is 54.6 Å². The molecule has 1 aromatic rings. The quantitative estimate of drug-likeness (QED) is 0.799. The van der Waals surface area contributed by atoms with Crippen molar-refractivity contribution in [2.75, 3.05) is 45.6 Å². The second-order valence-electron chi connectivity index (χ2n) is 6.31. The highest BCUT2D eigenvalue weighted by Gasteiger charge is 2.25. The monoisotopic (exact) mass is 350 g/mol.